The van der Waals surface area contributed by atoms with Gasteiger partial charge >= 0.3 is 0 Å². The summed E-state index contributed by atoms with van der Waals surface area (Å²) in [5.41, 5.74) is 0. The Labute approximate surface area is 602 Å². The van der Waals surface area contributed by atoms with Gasteiger partial charge in [-0.25, -0.2) is 0 Å². The van der Waals surface area contributed by atoms with Crippen LogP contribution in [0.15, 0.2) is 146 Å². The molecule has 2 aliphatic rings. The predicted octanol–water partition coefficient (Wildman–Crippen LogP) is 18.0. The Hall–Kier alpha value is -4.13. The number of aliphatic hydroxyl groups is 8. The van der Waals surface area contributed by atoms with Crippen molar-refractivity contribution < 1.29 is 64.6 Å². The fraction of sp³-hybridized carbons (Fsp3) is 0.706. The van der Waals surface area contributed by atoms with E-state index in [0.717, 1.165) is 122 Å². The van der Waals surface area contributed by atoms with Crippen LogP contribution in [0, 0.1) is 0 Å². The molecule has 9 N–H and O–H groups in total. The van der Waals surface area contributed by atoms with E-state index in [1.807, 2.05) is 6.08 Å². The number of allylic oxidation sites excluding steroid dienone is 23. The lowest BCUT2D eigenvalue weighted by Gasteiger charge is -2.46. The number of aliphatic hydroxyl groups excluding tert-OH is 8. The lowest BCUT2D eigenvalue weighted by atomic mass is 9.97. The Morgan fingerprint density at radius 3 is 1.07 bits per heavy atom. The van der Waals surface area contributed by atoms with Crippen molar-refractivity contribution in [3.8, 4) is 0 Å². The van der Waals surface area contributed by atoms with Crippen LogP contribution in [0.5, 0.6) is 0 Å². The van der Waals surface area contributed by atoms with Gasteiger partial charge in [0.1, 0.15) is 48.8 Å². The van der Waals surface area contributed by atoms with Gasteiger partial charge in [0.05, 0.1) is 32.0 Å². The standard InChI is InChI=1S/C85H143NO13/c1-3-5-7-9-11-13-15-17-19-21-23-25-27-29-31-32-33-34-35-36-37-38-39-40-41-42-43-45-47-49-51-53-55-57-59-61-63-65-67-69-77(90)86-73(72-96-84-82(95)80(93)83(76(71-88)98-84)99-85-81(94)79(92)78(91)75(70-87)97-85)74(89)68-66-64-62-60-58-56-54-52-50-48-46-44-30-28-26-24-22-20-18-16-14-12-10-8-6-4-2/h5,7,11,13,17,19,23,25,29,31,33-34,36-37,39-40,42-43,47,49,53,55,66,68,73-76,78-85,87-89,91-95H,3-4,6,8-10,12,14-16,18,20-22,24,26-28,30,32,35,38,41,44-46,48,50-52,54,56-65,67,69-72H2,1-2H3,(H,86,90)/b7-5-,13-11-,19-17-,25-23-,31-29-,34-33-,37-36-,40-39-,43-42-,49-47-,55-53-,68-66+. The Bertz CT molecular complexity index is 2230. The Morgan fingerprint density at radius 1 is 0.374 bits per heavy atom. The molecular weight excluding hydrogens is 1240 g/mol. The van der Waals surface area contributed by atoms with Crippen molar-refractivity contribution in [1.29, 1.82) is 0 Å². The van der Waals surface area contributed by atoms with Crippen LogP contribution in [0.2, 0.25) is 0 Å². The third kappa shape index (κ3) is 50.0. The first-order chi connectivity index (χ1) is 48.6. The summed E-state index contributed by atoms with van der Waals surface area (Å²) in [6.45, 7) is 2.69. The third-order valence-corrected chi connectivity index (χ3v) is 18.3. The number of hydrogen-bond donors (Lipinski definition) is 9. The smallest absolute Gasteiger partial charge is 0.220 e. The van der Waals surface area contributed by atoms with Crippen LogP contribution in [0.25, 0.3) is 0 Å². The van der Waals surface area contributed by atoms with Gasteiger partial charge in [-0.05, 0) is 103 Å². The van der Waals surface area contributed by atoms with Crippen LogP contribution in [-0.2, 0) is 23.7 Å². The summed E-state index contributed by atoms with van der Waals surface area (Å²) in [5, 5.41) is 87.6. The summed E-state index contributed by atoms with van der Waals surface area (Å²) in [6.07, 6.45) is 84.8. The molecule has 2 aliphatic heterocycles. The van der Waals surface area contributed by atoms with E-state index in [0.29, 0.717) is 6.42 Å². The third-order valence-electron chi connectivity index (χ3n) is 18.3. The highest BCUT2D eigenvalue weighted by Gasteiger charge is 2.51. The Kier molecular flexibility index (Phi) is 61.6. The topological polar surface area (TPSA) is 228 Å². The van der Waals surface area contributed by atoms with Crippen LogP contribution < -0.4 is 5.32 Å². The van der Waals surface area contributed by atoms with Crippen molar-refractivity contribution in [3.05, 3.63) is 146 Å². The van der Waals surface area contributed by atoms with Crippen molar-refractivity contribution in [2.24, 2.45) is 0 Å². The molecular formula is C85H143NO13. The molecule has 2 heterocycles. The average molecular weight is 1390 g/mol. The molecule has 2 rings (SSSR count). The number of nitrogens with one attached hydrogen (secondary N) is 1. The molecule has 12 unspecified atom stereocenters. The van der Waals surface area contributed by atoms with Crippen LogP contribution in [0.1, 0.15) is 290 Å². The van der Waals surface area contributed by atoms with Crippen LogP contribution in [0.4, 0.5) is 0 Å². The van der Waals surface area contributed by atoms with E-state index in [9.17, 15) is 45.6 Å². The second-order valence-corrected chi connectivity index (χ2v) is 27.1. The molecule has 566 valence electrons. The largest absolute Gasteiger partial charge is 0.394 e. The van der Waals surface area contributed by atoms with Gasteiger partial charge in [-0.15, -0.1) is 0 Å². The van der Waals surface area contributed by atoms with Gasteiger partial charge in [0.2, 0.25) is 5.91 Å². The predicted molar refractivity (Wildman–Crippen MR) is 410 cm³/mol. The molecule has 0 spiro atoms. The van der Waals surface area contributed by atoms with Crippen LogP contribution in [-0.4, -0.2) is 140 Å². The lowest BCUT2D eigenvalue weighted by molar-refractivity contribution is -0.359. The maximum atomic E-state index is 13.4. The molecule has 2 saturated heterocycles. The minimum atomic E-state index is -1.80. The minimum Gasteiger partial charge on any atom is -0.394 e. The molecule has 0 aromatic rings. The zero-order chi connectivity index (χ0) is 71.5. The van der Waals surface area contributed by atoms with Gasteiger partial charge in [0, 0.05) is 6.42 Å². The Morgan fingerprint density at radius 2 is 0.697 bits per heavy atom. The highest BCUT2D eigenvalue weighted by atomic mass is 16.7. The number of carbonyl (C=O) groups is 1. The van der Waals surface area contributed by atoms with E-state index in [-0.39, 0.29) is 18.9 Å². The molecule has 0 radical (unpaired) electrons. The monoisotopic (exact) mass is 1390 g/mol. The number of carbonyl (C=O) groups excluding carboxylic acids is 1. The van der Waals surface area contributed by atoms with Crippen molar-refractivity contribution >= 4 is 5.91 Å². The first-order valence-electron chi connectivity index (χ1n) is 39.6. The molecule has 14 heteroatoms. The van der Waals surface area contributed by atoms with Gasteiger partial charge in [-0.1, -0.05) is 327 Å². The molecule has 14 nitrogen and oxygen atoms in total. The fourth-order valence-corrected chi connectivity index (χ4v) is 12.1. The minimum absolute atomic E-state index is 0.250. The highest BCUT2D eigenvalue weighted by molar-refractivity contribution is 5.76. The number of amides is 1. The molecule has 0 bridgehead atoms. The second kappa shape index (κ2) is 67.1. The summed E-state index contributed by atoms with van der Waals surface area (Å²) in [7, 11) is 0. The number of rotatable bonds is 64. The van der Waals surface area contributed by atoms with E-state index in [2.05, 4.69) is 153 Å². The number of hydrogen-bond acceptors (Lipinski definition) is 13. The number of unbranched alkanes of at least 4 members (excludes halogenated alkanes) is 29. The molecule has 0 aliphatic carbocycles. The molecule has 2 fully saturated rings. The molecule has 1 amide bonds. The van der Waals surface area contributed by atoms with Gasteiger partial charge in [-0.2, -0.15) is 0 Å². The first kappa shape index (κ1) is 91.0. The van der Waals surface area contributed by atoms with Crippen molar-refractivity contribution in [3.63, 3.8) is 0 Å². The van der Waals surface area contributed by atoms with Crippen molar-refractivity contribution in [2.75, 3.05) is 19.8 Å². The first-order valence-corrected chi connectivity index (χ1v) is 39.6. The van der Waals surface area contributed by atoms with E-state index in [4.69, 9.17) is 18.9 Å². The quantitative estimate of drug-likeness (QED) is 0.0204. The highest BCUT2D eigenvalue weighted by Crippen LogP contribution is 2.30. The Balaban J connectivity index is 1.66. The summed E-state index contributed by atoms with van der Waals surface area (Å²) in [5.74, 6) is -0.261. The van der Waals surface area contributed by atoms with Gasteiger partial charge in [0.15, 0.2) is 12.6 Å². The van der Waals surface area contributed by atoms with Crippen LogP contribution >= 0.6 is 0 Å². The lowest BCUT2D eigenvalue weighted by Crippen LogP contribution is -2.65. The normalized spacial score (nSPS) is 22.8. The van der Waals surface area contributed by atoms with Gasteiger partial charge in [0.25, 0.3) is 0 Å². The van der Waals surface area contributed by atoms with E-state index >= 15 is 0 Å². The van der Waals surface area contributed by atoms with Crippen molar-refractivity contribution in [2.45, 2.75) is 364 Å². The molecule has 0 aromatic heterocycles. The fourth-order valence-electron chi connectivity index (χ4n) is 12.1. The van der Waals surface area contributed by atoms with Crippen LogP contribution in [0.3, 0.4) is 0 Å². The maximum absolute atomic E-state index is 13.4. The van der Waals surface area contributed by atoms with E-state index in [1.54, 1.807) is 6.08 Å². The molecule has 99 heavy (non-hydrogen) atoms. The van der Waals surface area contributed by atoms with E-state index < -0.39 is 86.8 Å². The summed E-state index contributed by atoms with van der Waals surface area (Å²) < 4.78 is 22.9. The maximum Gasteiger partial charge on any atom is 0.220 e. The molecule has 0 aromatic carbocycles. The summed E-state index contributed by atoms with van der Waals surface area (Å²) in [6, 6.07) is -0.938. The zero-order valence-electron chi connectivity index (χ0n) is 61.9. The zero-order valence-corrected chi connectivity index (χ0v) is 61.9. The number of ether oxygens (including phenoxy) is 4. The van der Waals surface area contributed by atoms with Gasteiger partial charge < -0.3 is 65.1 Å². The second-order valence-electron chi connectivity index (χ2n) is 27.1. The van der Waals surface area contributed by atoms with Crippen molar-refractivity contribution in [1.82, 2.24) is 5.32 Å². The summed E-state index contributed by atoms with van der Waals surface area (Å²) in [4.78, 5) is 13.4. The van der Waals surface area contributed by atoms with Gasteiger partial charge in [-0.3, -0.25) is 4.79 Å². The summed E-state index contributed by atoms with van der Waals surface area (Å²) >= 11 is 0. The average Bonchev–Trinajstić information content (AvgIpc) is 0.794. The molecule has 12 atom stereocenters. The molecule has 0 saturated carbocycles. The SMILES string of the molecule is CC/C=C\C/C=C\C/C=C\C/C=C\C/C=C\C/C=C\C/C=C\C/C=C\C/C=C\C/C=C\C/C=C\CCCCCCCC(=O)NC(COC1OC(CO)C(OC2OC(CO)C(O)C(O)C2O)C(O)C1O)C(O)/C=C/CCCCCCCCCCCCCCCCCCCCCCCCCC. The van der Waals surface area contributed by atoms with E-state index in [1.165, 1.54) is 141 Å².